The standard InChI is InChI=1S/C12H19N5O2/c1-8(2)5-6-16(9-3-4-9)12-14-7-10(17(18)19)11(13)15-12/h7-9H,3-6H2,1-2H3,(H2,13,14,15). The molecule has 1 aliphatic rings. The zero-order valence-electron chi connectivity index (χ0n) is 11.2. The van der Waals surface area contributed by atoms with Gasteiger partial charge in [0, 0.05) is 12.6 Å². The average molecular weight is 265 g/mol. The smallest absolute Gasteiger partial charge is 0.329 e. The zero-order chi connectivity index (χ0) is 14.0. The number of nitrogens with two attached hydrogens (primary N) is 1. The average Bonchev–Trinajstić information content (AvgIpc) is 3.13. The van der Waals surface area contributed by atoms with Gasteiger partial charge in [-0.1, -0.05) is 13.8 Å². The van der Waals surface area contributed by atoms with Crippen molar-refractivity contribution in [3.8, 4) is 0 Å². The van der Waals surface area contributed by atoms with E-state index in [1.807, 2.05) is 0 Å². The van der Waals surface area contributed by atoms with Crippen molar-refractivity contribution in [2.45, 2.75) is 39.2 Å². The van der Waals surface area contributed by atoms with E-state index in [1.54, 1.807) is 0 Å². The van der Waals surface area contributed by atoms with Crippen LogP contribution < -0.4 is 10.6 Å². The topological polar surface area (TPSA) is 98.2 Å². The van der Waals surface area contributed by atoms with Crippen LogP contribution in [-0.4, -0.2) is 27.5 Å². The maximum atomic E-state index is 10.7. The summed E-state index contributed by atoms with van der Waals surface area (Å²) in [5.41, 5.74) is 5.38. The first-order valence-electron chi connectivity index (χ1n) is 6.52. The molecule has 19 heavy (non-hydrogen) atoms. The van der Waals surface area contributed by atoms with E-state index in [0.717, 1.165) is 25.8 Å². The summed E-state index contributed by atoms with van der Waals surface area (Å²) >= 11 is 0. The van der Waals surface area contributed by atoms with Gasteiger partial charge in [0.25, 0.3) is 0 Å². The summed E-state index contributed by atoms with van der Waals surface area (Å²) < 4.78 is 0. The van der Waals surface area contributed by atoms with Crippen molar-refractivity contribution in [3.63, 3.8) is 0 Å². The van der Waals surface area contributed by atoms with Crippen LogP contribution in [0.25, 0.3) is 0 Å². The fraction of sp³-hybridized carbons (Fsp3) is 0.667. The van der Waals surface area contributed by atoms with Crippen LogP contribution in [0.5, 0.6) is 0 Å². The predicted octanol–water partition coefficient (Wildman–Crippen LogP) is 1.98. The molecule has 104 valence electrons. The van der Waals surface area contributed by atoms with Crippen molar-refractivity contribution in [1.82, 2.24) is 9.97 Å². The predicted molar refractivity (Wildman–Crippen MR) is 72.9 cm³/mol. The lowest BCUT2D eigenvalue weighted by atomic mass is 10.1. The molecule has 2 rings (SSSR count). The van der Waals surface area contributed by atoms with E-state index < -0.39 is 4.92 Å². The van der Waals surface area contributed by atoms with Crippen LogP contribution in [0.4, 0.5) is 17.5 Å². The summed E-state index contributed by atoms with van der Waals surface area (Å²) in [6.45, 7) is 5.19. The van der Waals surface area contributed by atoms with Crippen LogP contribution >= 0.6 is 0 Å². The summed E-state index contributed by atoms with van der Waals surface area (Å²) in [7, 11) is 0. The summed E-state index contributed by atoms with van der Waals surface area (Å²) in [5, 5.41) is 10.7. The maximum Gasteiger partial charge on any atom is 0.329 e. The third-order valence-corrected chi connectivity index (χ3v) is 3.17. The van der Waals surface area contributed by atoms with Gasteiger partial charge in [-0.25, -0.2) is 4.98 Å². The third-order valence-electron chi connectivity index (χ3n) is 3.17. The van der Waals surface area contributed by atoms with Gasteiger partial charge >= 0.3 is 5.69 Å². The molecule has 0 spiro atoms. The molecule has 1 aromatic rings. The normalized spacial score (nSPS) is 14.7. The van der Waals surface area contributed by atoms with Crippen molar-refractivity contribution >= 4 is 17.5 Å². The summed E-state index contributed by atoms with van der Waals surface area (Å²) in [4.78, 5) is 20.4. The minimum atomic E-state index is -0.561. The molecule has 1 saturated carbocycles. The summed E-state index contributed by atoms with van der Waals surface area (Å²) in [6.07, 6.45) is 4.48. The molecule has 7 nitrogen and oxygen atoms in total. The minimum absolute atomic E-state index is 0.0646. The lowest BCUT2D eigenvalue weighted by Gasteiger charge is -2.23. The quantitative estimate of drug-likeness (QED) is 0.623. The second-order valence-corrected chi connectivity index (χ2v) is 5.30. The Morgan fingerprint density at radius 1 is 1.58 bits per heavy atom. The molecule has 0 atom stereocenters. The number of rotatable bonds is 6. The first-order chi connectivity index (χ1) is 8.99. The van der Waals surface area contributed by atoms with Crippen molar-refractivity contribution in [2.24, 2.45) is 5.92 Å². The molecular weight excluding hydrogens is 246 g/mol. The van der Waals surface area contributed by atoms with E-state index >= 15 is 0 Å². The monoisotopic (exact) mass is 265 g/mol. The number of aromatic nitrogens is 2. The van der Waals surface area contributed by atoms with Crippen LogP contribution in [0.15, 0.2) is 6.20 Å². The van der Waals surface area contributed by atoms with E-state index in [4.69, 9.17) is 5.73 Å². The van der Waals surface area contributed by atoms with E-state index in [9.17, 15) is 10.1 Å². The SMILES string of the molecule is CC(C)CCN(c1ncc([N+](=O)[O-])c(N)n1)C1CC1. The van der Waals surface area contributed by atoms with Crippen LogP contribution in [-0.2, 0) is 0 Å². The molecule has 0 aliphatic heterocycles. The Hall–Kier alpha value is -1.92. The molecule has 0 amide bonds. The van der Waals surface area contributed by atoms with Gasteiger partial charge in [0.1, 0.15) is 6.20 Å². The van der Waals surface area contributed by atoms with Crippen LogP contribution in [0.1, 0.15) is 33.1 Å². The highest BCUT2D eigenvalue weighted by Gasteiger charge is 2.31. The molecule has 2 N–H and O–H groups in total. The zero-order valence-corrected chi connectivity index (χ0v) is 11.2. The van der Waals surface area contributed by atoms with E-state index in [0.29, 0.717) is 17.9 Å². The summed E-state index contributed by atoms with van der Waals surface area (Å²) in [6, 6.07) is 0.458. The number of nitrogens with zero attached hydrogens (tertiary/aromatic N) is 4. The molecule has 0 bridgehead atoms. The lowest BCUT2D eigenvalue weighted by molar-refractivity contribution is -0.384. The van der Waals surface area contributed by atoms with E-state index in [-0.39, 0.29) is 11.5 Å². The molecule has 1 fully saturated rings. The Balaban J connectivity index is 2.17. The highest BCUT2D eigenvalue weighted by Crippen LogP contribution is 2.31. The Kier molecular flexibility index (Phi) is 3.82. The molecule has 1 aliphatic carbocycles. The maximum absolute atomic E-state index is 10.7. The first-order valence-corrected chi connectivity index (χ1v) is 6.52. The Morgan fingerprint density at radius 2 is 2.26 bits per heavy atom. The van der Waals surface area contributed by atoms with Crippen LogP contribution in [0, 0.1) is 16.0 Å². The van der Waals surface area contributed by atoms with E-state index in [2.05, 4.69) is 28.7 Å². The molecule has 0 radical (unpaired) electrons. The van der Waals surface area contributed by atoms with Gasteiger partial charge in [0.15, 0.2) is 0 Å². The van der Waals surface area contributed by atoms with Gasteiger partial charge in [-0.2, -0.15) is 4.98 Å². The Morgan fingerprint density at radius 3 is 2.74 bits per heavy atom. The van der Waals surface area contributed by atoms with Gasteiger partial charge in [-0.15, -0.1) is 0 Å². The van der Waals surface area contributed by atoms with Crippen molar-refractivity contribution in [1.29, 1.82) is 0 Å². The highest BCUT2D eigenvalue weighted by molar-refractivity contribution is 5.54. The largest absolute Gasteiger partial charge is 0.378 e. The minimum Gasteiger partial charge on any atom is -0.378 e. The molecule has 7 heteroatoms. The Bertz CT molecular complexity index is 473. The first kappa shape index (κ1) is 13.5. The second-order valence-electron chi connectivity index (χ2n) is 5.30. The van der Waals surface area contributed by atoms with Crippen molar-refractivity contribution in [2.75, 3.05) is 17.2 Å². The number of hydrogen-bond acceptors (Lipinski definition) is 6. The molecule has 1 aromatic heterocycles. The van der Waals surface area contributed by atoms with Gasteiger partial charge in [-0.3, -0.25) is 10.1 Å². The van der Waals surface area contributed by atoms with E-state index in [1.165, 1.54) is 6.20 Å². The lowest BCUT2D eigenvalue weighted by Crippen LogP contribution is -2.29. The third kappa shape index (κ3) is 3.30. The van der Waals surface area contributed by atoms with Crippen molar-refractivity contribution in [3.05, 3.63) is 16.3 Å². The molecule has 0 unspecified atom stereocenters. The van der Waals surface area contributed by atoms with Crippen LogP contribution in [0.2, 0.25) is 0 Å². The van der Waals surface area contributed by atoms with Crippen LogP contribution in [0.3, 0.4) is 0 Å². The van der Waals surface area contributed by atoms with Gasteiger partial charge in [0.05, 0.1) is 4.92 Å². The molecule has 0 saturated heterocycles. The van der Waals surface area contributed by atoms with Gasteiger partial charge in [-0.05, 0) is 25.2 Å². The van der Waals surface area contributed by atoms with Gasteiger partial charge < -0.3 is 10.6 Å². The second kappa shape index (κ2) is 5.38. The molecule has 1 heterocycles. The number of nitrogen functional groups attached to an aromatic ring is 1. The summed E-state index contributed by atoms with van der Waals surface area (Å²) in [5.74, 6) is 1.04. The highest BCUT2D eigenvalue weighted by atomic mass is 16.6. The fourth-order valence-corrected chi connectivity index (χ4v) is 1.89. The molecular formula is C12H19N5O2. The Labute approximate surface area is 112 Å². The number of anilines is 2. The number of nitro groups is 1. The number of hydrogen-bond donors (Lipinski definition) is 1. The molecule has 0 aromatic carbocycles. The van der Waals surface area contributed by atoms with Gasteiger partial charge in [0.2, 0.25) is 11.8 Å². The van der Waals surface area contributed by atoms with Crippen molar-refractivity contribution < 1.29 is 4.92 Å². The fourth-order valence-electron chi connectivity index (χ4n) is 1.89.